The fraction of sp³-hybridized carbons (Fsp3) is 0.421. The van der Waals surface area contributed by atoms with Gasteiger partial charge >= 0.3 is 0 Å². The van der Waals surface area contributed by atoms with Gasteiger partial charge in [-0.3, -0.25) is 9.78 Å². The van der Waals surface area contributed by atoms with E-state index in [1.54, 1.807) is 16.9 Å². The summed E-state index contributed by atoms with van der Waals surface area (Å²) in [5.41, 5.74) is 3.76. The van der Waals surface area contributed by atoms with E-state index in [2.05, 4.69) is 26.1 Å². The van der Waals surface area contributed by atoms with E-state index in [0.29, 0.717) is 12.3 Å². The molecular formula is C19H22N6O. The average molecular weight is 350 g/mol. The number of pyridine rings is 1. The van der Waals surface area contributed by atoms with Crippen LogP contribution >= 0.6 is 0 Å². The first kappa shape index (κ1) is 16.6. The Kier molecular flexibility index (Phi) is 4.36. The SMILES string of the molecule is CCc1cnccc1C(=O)N1CCCC(c2cc(C)nc3ncnn23)C1. The highest BCUT2D eigenvalue weighted by Gasteiger charge is 2.28. The standard InChI is InChI=1S/C19H22N6O/c1-3-14-10-20-7-6-16(14)18(26)24-8-4-5-15(11-24)17-9-13(2)23-19-21-12-22-25(17)19/h6-7,9-10,12,15H,3-5,8,11H2,1-2H3. The maximum Gasteiger partial charge on any atom is 0.254 e. The van der Waals surface area contributed by atoms with Crippen LogP contribution in [0, 0.1) is 6.92 Å². The van der Waals surface area contributed by atoms with Crippen LogP contribution in [-0.2, 0) is 6.42 Å². The van der Waals surface area contributed by atoms with Crippen molar-refractivity contribution in [3.63, 3.8) is 0 Å². The molecule has 0 saturated carbocycles. The zero-order valence-electron chi connectivity index (χ0n) is 15.1. The zero-order chi connectivity index (χ0) is 18.1. The molecule has 0 radical (unpaired) electrons. The molecule has 3 aromatic rings. The predicted octanol–water partition coefficient (Wildman–Crippen LogP) is 2.41. The van der Waals surface area contributed by atoms with Gasteiger partial charge in [0.1, 0.15) is 6.33 Å². The Morgan fingerprint density at radius 3 is 3.12 bits per heavy atom. The number of hydrogen-bond donors (Lipinski definition) is 0. The quantitative estimate of drug-likeness (QED) is 0.725. The molecule has 3 aromatic heterocycles. The maximum atomic E-state index is 13.1. The fourth-order valence-corrected chi connectivity index (χ4v) is 3.74. The van der Waals surface area contributed by atoms with E-state index in [1.165, 1.54) is 6.33 Å². The van der Waals surface area contributed by atoms with E-state index in [1.807, 2.05) is 24.8 Å². The van der Waals surface area contributed by atoms with Gasteiger partial charge in [-0.15, -0.1) is 0 Å². The highest BCUT2D eigenvalue weighted by molar-refractivity contribution is 5.95. The number of piperidine rings is 1. The van der Waals surface area contributed by atoms with Crippen LogP contribution in [0.15, 0.2) is 30.9 Å². The highest BCUT2D eigenvalue weighted by Crippen LogP contribution is 2.28. The second kappa shape index (κ2) is 6.82. The minimum Gasteiger partial charge on any atom is -0.338 e. The molecule has 4 heterocycles. The number of likely N-dealkylation sites (tertiary alicyclic amines) is 1. The first-order valence-electron chi connectivity index (χ1n) is 9.06. The summed E-state index contributed by atoms with van der Waals surface area (Å²) in [5, 5.41) is 4.32. The van der Waals surface area contributed by atoms with E-state index < -0.39 is 0 Å². The van der Waals surface area contributed by atoms with Crippen molar-refractivity contribution in [3.05, 3.63) is 53.4 Å². The molecule has 1 aliphatic rings. The molecule has 1 saturated heterocycles. The van der Waals surface area contributed by atoms with E-state index in [0.717, 1.165) is 48.3 Å². The van der Waals surface area contributed by atoms with Crippen LogP contribution in [0.5, 0.6) is 0 Å². The molecule has 26 heavy (non-hydrogen) atoms. The molecule has 1 fully saturated rings. The topological polar surface area (TPSA) is 76.3 Å². The Morgan fingerprint density at radius 2 is 2.27 bits per heavy atom. The smallest absolute Gasteiger partial charge is 0.254 e. The molecule has 4 rings (SSSR count). The number of aromatic nitrogens is 5. The molecule has 1 aliphatic heterocycles. The fourth-order valence-electron chi connectivity index (χ4n) is 3.74. The molecule has 0 bridgehead atoms. The average Bonchev–Trinajstić information content (AvgIpc) is 3.15. The van der Waals surface area contributed by atoms with Gasteiger partial charge in [0.2, 0.25) is 0 Å². The summed E-state index contributed by atoms with van der Waals surface area (Å²) in [4.78, 5) is 27.8. The lowest BCUT2D eigenvalue weighted by molar-refractivity contribution is 0.0704. The number of carbonyl (C=O) groups is 1. The third-order valence-electron chi connectivity index (χ3n) is 5.05. The molecule has 0 N–H and O–H groups in total. The second-order valence-electron chi connectivity index (χ2n) is 6.77. The Bertz CT molecular complexity index is 950. The van der Waals surface area contributed by atoms with Gasteiger partial charge in [-0.1, -0.05) is 6.92 Å². The normalized spacial score (nSPS) is 17.6. The minimum atomic E-state index is 0.0922. The van der Waals surface area contributed by atoms with E-state index in [9.17, 15) is 4.79 Å². The van der Waals surface area contributed by atoms with Gasteiger partial charge in [0.05, 0.1) is 5.69 Å². The largest absolute Gasteiger partial charge is 0.338 e. The highest BCUT2D eigenvalue weighted by atomic mass is 16.2. The van der Waals surface area contributed by atoms with Crippen LogP contribution in [0.3, 0.4) is 0 Å². The van der Waals surface area contributed by atoms with Gasteiger partial charge in [0, 0.05) is 42.7 Å². The zero-order valence-corrected chi connectivity index (χ0v) is 15.1. The van der Waals surface area contributed by atoms with Crippen molar-refractivity contribution in [2.45, 2.75) is 39.0 Å². The lowest BCUT2D eigenvalue weighted by Gasteiger charge is -2.33. The molecular weight excluding hydrogens is 328 g/mol. The third-order valence-corrected chi connectivity index (χ3v) is 5.05. The predicted molar refractivity (Wildman–Crippen MR) is 97.0 cm³/mol. The van der Waals surface area contributed by atoms with E-state index in [4.69, 9.17) is 0 Å². The van der Waals surface area contributed by atoms with E-state index in [-0.39, 0.29) is 11.8 Å². The summed E-state index contributed by atoms with van der Waals surface area (Å²) in [6.07, 6.45) is 7.81. The number of nitrogens with zero attached hydrogens (tertiary/aromatic N) is 6. The van der Waals surface area contributed by atoms with Gasteiger partial charge in [0.25, 0.3) is 11.7 Å². The van der Waals surface area contributed by atoms with Gasteiger partial charge in [0.15, 0.2) is 0 Å². The summed E-state index contributed by atoms with van der Waals surface area (Å²) in [5.74, 6) is 0.936. The Labute approximate surface area is 152 Å². The number of hydrogen-bond acceptors (Lipinski definition) is 5. The lowest BCUT2D eigenvalue weighted by Crippen LogP contribution is -2.40. The van der Waals surface area contributed by atoms with Gasteiger partial charge in [-0.05, 0) is 43.9 Å². The Hall–Kier alpha value is -2.83. The number of rotatable bonds is 3. The minimum absolute atomic E-state index is 0.0922. The van der Waals surface area contributed by atoms with Crippen molar-refractivity contribution < 1.29 is 4.79 Å². The molecule has 134 valence electrons. The molecule has 0 aliphatic carbocycles. The van der Waals surface area contributed by atoms with Crippen LogP contribution in [-0.4, -0.2) is 48.5 Å². The summed E-state index contributed by atoms with van der Waals surface area (Å²) in [6.45, 7) is 5.48. The summed E-state index contributed by atoms with van der Waals surface area (Å²) < 4.78 is 1.80. The first-order valence-corrected chi connectivity index (χ1v) is 9.06. The van der Waals surface area contributed by atoms with Gasteiger partial charge in [-0.25, -0.2) is 9.50 Å². The second-order valence-corrected chi connectivity index (χ2v) is 6.77. The van der Waals surface area contributed by atoms with Crippen molar-refractivity contribution in [1.29, 1.82) is 0 Å². The van der Waals surface area contributed by atoms with Crippen LogP contribution in [0.4, 0.5) is 0 Å². The first-order chi connectivity index (χ1) is 12.7. The molecule has 1 atom stereocenters. The molecule has 0 aromatic carbocycles. The summed E-state index contributed by atoms with van der Waals surface area (Å²) in [6, 6.07) is 3.89. The van der Waals surface area contributed by atoms with Crippen molar-refractivity contribution in [3.8, 4) is 0 Å². The molecule has 0 spiro atoms. The van der Waals surface area contributed by atoms with Gasteiger partial charge in [-0.2, -0.15) is 10.1 Å². The maximum absolute atomic E-state index is 13.1. The van der Waals surface area contributed by atoms with Gasteiger partial charge < -0.3 is 4.90 Å². The van der Waals surface area contributed by atoms with E-state index >= 15 is 0 Å². The summed E-state index contributed by atoms with van der Waals surface area (Å²) in [7, 11) is 0. The third kappa shape index (κ3) is 2.94. The van der Waals surface area contributed by atoms with Crippen LogP contribution < -0.4 is 0 Å². The van der Waals surface area contributed by atoms with Crippen LogP contribution in [0.2, 0.25) is 0 Å². The van der Waals surface area contributed by atoms with Crippen molar-refractivity contribution in [2.24, 2.45) is 0 Å². The Morgan fingerprint density at radius 1 is 1.38 bits per heavy atom. The number of aryl methyl sites for hydroxylation is 2. The van der Waals surface area contributed by atoms with Crippen molar-refractivity contribution in [2.75, 3.05) is 13.1 Å². The van der Waals surface area contributed by atoms with Crippen molar-refractivity contribution >= 4 is 11.7 Å². The number of amides is 1. The lowest BCUT2D eigenvalue weighted by atomic mass is 9.93. The monoisotopic (exact) mass is 350 g/mol. The number of carbonyl (C=O) groups excluding carboxylic acids is 1. The molecule has 1 amide bonds. The number of fused-ring (bicyclic) bond motifs is 1. The van der Waals surface area contributed by atoms with Crippen molar-refractivity contribution in [1.82, 2.24) is 29.5 Å². The molecule has 1 unspecified atom stereocenters. The molecule has 7 heteroatoms. The van der Waals surface area contributed by atoms with Crippen LogP contribution in [0.1, 0.15) is 53.0 Å². The Balaban J connectivity index is 1.63. The van der Waals surface area contributed by atoms with Crippen LogP contribution in [0.25, 0.3) is 5.78 Å². The summed E-state index contributed by atoms with van der Waals surface area (Å²) >= 11 is 0. The molecule has 7 nitrogen and oxygen atoms in total.